The van der Waals surface area contributed by atoms with Crippen molar-refractivity contribution in [2.24, 2.45) is 0 Å². The fourth-order valence-corrected chi connectivity index (χ4v) is 2.06. The van der Waals surface area contributed by atoms with Gasteiger partial charge in [-0.1, -0.05) is 6.07 Å². The van der Waals surface area contributed by atoms with Crippen molar-refractivity contribution in [3.63, 3.8) is 0 Å². The van der Waals surface area contributed by atoms with Gasteiger partial charge in [-0.2, -0.15) is 12.6 Å². The number of rotatable bonds is 7. The third-order valence-corrected chi connectivity index (χ3v) is 3.06. The van der Waals surface area contributed by atoms with Gasteiger partial charge >= 0.3 is 5.97 Å². The molecule has 6 heteroatoms. The number of aliphatic carboxylic acids is 1. The molecule has 5 nitrogen and oxygen atoms in total. The molecule has 0 aliphatic rings. The summed E-state index contributed by atoms with van der Waals surface area (Å²) in [5, 5.41) is 28.8. The molecular weight excluding hydrogens is 268 g/mol. The first-order valence-corrected chi connectivity index (χ1v) is 6.48. The summed E-state index contributed by atoms with van der Waals surface area (Å²) >= 11 is 4.00. The molecular formula is C13H18O5S. The highest BCUT2D eigenvalue weighted by Gasteiger charge is 2.22. The zero-order valence-electron chi connectivity index (χ0n) is 10.6. The number of carbonyl (C=O) groups is 1. The normalized spacial score (nSPS) is 13.9. The van der Waals surface area contributed by atoms with Gasteiger partial charge in [-0.3, -0.25) is 4.79 Å². The van der Waals surface area contributed by atoms with Gasteiger partial charge in [0.1, 0.15) is 11.9 Å². The van der Waals surface area contributed by atoms with Crippen LogP contribution in [0.3, 0.4) is 0 Å². The Bertz CT molecular complexity index is 435. The zero-order valence-corrected chi connectivity index (χ0v) is 11.5. The zero-order chi connectivity index (χ0) is 14.4. The third-order valence-electron chi connectivity index (χ3n) is 2.80. The number of carboxylic acid groups (broad SMARTS) is 1. The number of carboxylic acids is 1. The molecule has 3 N–H and O–H groups in total. The van der Waals surface area contributed by atoms with Crippen LogP contribution in [0.4, 0.5) is 0 Å². The first-order valence-electron chi connectivity index (χ1n) is 5.85. The predicted molar refractivity (Wildman–Crippen MR) is 73.8 cm³/mol. The smallest absolute Gasteiger partial charge is 0.307 e. The van der Waals surface area contributed by atoms with Crippen LogP contribution in [0.2, 0.25) is 0 Å². The molecule has 0 amide bonds. The number of hydrogen-bond acceptors (Lipinski definition) is 5. The van der Waals surface area contributed by atoms with Crippen LogP contribution in [0.5, 0.6) is 5.75 Å². The second-order valence-electron chi connectivity index (χ2n) is 4.16. The Labute approximate surface area is 117 Å². The van der Waals surface area contributed by atoms with Gasteiger partial charge in [0.05, 0.1) is 19.6 Å². The van der Waals surface area contributed by atoms with Gasteiger partial charge in [0.2, 0.25) is 0 Å². The Hall–Kier alpha value is -1.24. The van der Waals surface area contributed by atoms with Crippen LogP contribution in [0.15, 0.2) is 18.2 Å². The van der Waals surface area contributed by atoms with Gasteiger partial charge in [0.15, 0.2) is 0 Å². The molecule has 0 aliphatic carbocycles. The van der Waals surface area contributed by atoms with Gasteiger partial charge in [0.25, 0.3) is 0 Å². The van der Waals surface area contributed by atoms with E-state index in [2.05, 4.69) is 12.6 Å². The van der Waals surface area contributed by atoms with Crippen molar-refractivity contribution in [1.82, 2.24) is 0 Å². The van der Waals surface area contributed by atoms with Gasteiger partial charge in [-0.05, 0) is 35.4 Å². The monoisotopic (exact) mass is 286 g/mol. The van der Waals surface area contributed by atoms with E-state index in [1.807, 2.05) is 0 Å². The van der Waals surface area contributed by atoms with E-state index in [-0.39, 0.29) is 6.42 Å². The highest BCUT2D eigenvalue weighted by Crippen LogP contribution is 2.27. The number of methoxy groups -OCH3 is 1. The molecule has 0 heterocycles. The summed E-state index contributed by atoms with van der Waals surface area (Å²) in [5.41, 5.74) is 0.829. The Morgan fingerprint density at radius 1 is 1.42 bits per heavy atom. The number of hydrogen-bond donors (Lipinski definition) is 4. The van der Waals surface area contributed by atoms with Crippen molar-refractivity contribution in [2.45, 2.75) is 25.0 Å². The second-order valence-corrected chi connectivity index (χ2v) is 4.61. The van der Waals surface area contributed by atoms with Crippen LogP contribution < -0.4 is 4.74 Å². The largest absolute Gasteiger partial charge is 0.497 e. The molecule has 0 fully saturated rings. The lowest BCUT2D eigenvalue weighted by Crippen LogP contribution is -2.20. The minimum atomic E-state index is -1.16. The summed E-state index contributed by atoms with van der Waals surface area (Å²) in [4.78, 5) is 10.8. The second kappa shape index (κ2) is 7.37. The van der Waals surface area contributed by atoms with Crippen molar-refractivity contribution >= 4 is 18.6 Å². The molecule has 0 aliphatic heterocycles. The molecule has 1 aromatic carbocycles. The number of aliphatic hydroxyl groups excluding tert-OH is 2. The van der Waals surface area contributed by atoms with Gasteiger partial charge in [-0.15, -0.1) is 0 Å². The Kier molecular flexibility index (Phi) is 6.14. The molecule has 0 spiro atoms. The topological polar surface area (TPSA) is 87.0 Å². The van der Waals surface area contributed by atoms with Gasteiger partial charge < -0.3 is 20.1 Å². The summed E-state index contributed by atoms with van der Waals surface area (Å²) in [6.45, 7) is 0. The quantitative estimate of drug-likeness (QED) is 0.563. The summed E-state index contributed by atoms with van der Waals surface area (Å²) in [5.74, 6) is -0.0697. The molecule has 0 saturated heterocycles. The lowest BCUT2D eigenvalue weighted by atomic mass is 9.95. The molecule has 2 unspecified atom stereocenters. The first kappa shape index (κ1) is 15.8. The molecule has 0 radical (unpaired) electrons. The van der Waals surface area contributed by atoms with Crippen LogP contribution in [0.1, 0.15) is 23.7 Å². The third kappa shape index (κ3) is 4.41. The van der Waals surface area contributed by atoms with E-state index < -0.39 is 18.2 Å². The van der Waals surface area contributed by atoms with E-state index in [1.54, 1.807) is 18.2 Å². The lowest BCUT2D eigenvalue weighted by Gasteiger charge is -2.20. The van der Waals surface area contributed by atoms with Crippen LogP contribution in [-0.2, 0) is 11.2 Å². The van der Waals surface area contributed by atoms with Gasteiger partial charge in [0, 0.05) is 0 Å². The summed E-state index contributed by atoms with van der Waals surface area (Å²) in [7, 11) is 1.48. The average Bonchev–Trinajstić information content (AvgIpc) is 2.38. The summed E-state index contributed by atoms with van der Waals surface area (Å²) < 4.78 is 5.05. The van der Waals surface area contributed by atoms with Crippen molar-refractivity contribution in [1.29, 1.82) is 0 Å². The average molecular weight is 286 g/mol. The van der Waals surface area contributed by atoms with Crippen LogP contribution in [0.25, 0.3) is 0 Å². The lowest BCUT2D eigenvalue weighted by molar-refractivity contribution is -0.136. The maximum Gasteiger partial charge on any atom is 0.307 e. The van der Waals surface area contributed by atoms with E-state index in [0.29, 0.717) is 29.1 Å². The van der Waals surface area contributed by atoms with Crippen LogP contribution in [-0.4, -0.2) is 40.3 Å². The summed E-state index contributed by atoms with van der Waals surface area (Å²) in [6.07, 6.45) is -2.05. The van der Waals surface area contributed by atoms with E-state index in [9.17, 15) is 15.0 Å². The van der Waals surface area contributed by atoms with Crippen LogP contribution in [0, 0.1) is 0 Å². The minimum absolute atomic E-state index is 0.218. The Morgan fingerprint density at radius 2 is 2.11 bits per heavy atom. The van der Waals surface area contributed by atoms with E-state index >= 15 is 0 Å². The number of aliphatic hydroxyl groups is 2. The number of benzene rings is 1. The summed E-state index contributed by atoms with van der Waals surface area (Å²) in [6, 6.07) is 4.75. The van der Waals surface area contributed by atoms with Crippen molar-refractivity contribution in [3.8, 4) is 5.75 Å². The Balaban J connectivity index is 3.08. The fraction of sp³-hybridized carbons (Fsp3) is 0.462. The molecule has 1 rings (SSSR count). The SMILES string of the molecule is COc1ccc(CC(=O)O)c(C(O)C(O)CCS)c1. The molecule has 1 aromatic rings. The van der Waals surface area contributed by atoms with Crippen molar-refractivity contribution in [3.05, 3.63) is 29.3 Å². The van der Waals surface area contributed by atoms with Crippen LogP contribution >= 0.6 is 12.6 Å². The maximum atomic E-state index is 10.8. The molecule has 0 bridgehead atoms. The highest BCUT2D eigenvalue weighted by atomic mass is 32.1. The van der Waals surface area contributed by atoms with E-state index in [4.69, 9.17) is 9.84 Å². The van der Waals surface area contributed by atoms with E-state index in [1.165, 1.54) is 7.11 Å². The van der Waals surface area contributed by atoms with Crippen molar-refractivity contribution < 1.29 is 24.9 Å². The molecule has 2 atom stereocenters. The molecule has 106 valence electrons. The highest BCUT2D eigenvalue weighted by molar-refractivity contribution is 7.80. The maximum absolute atomic E-state index is 10.8. The minimum Gasteiger partial charge on any atom is -0.497 e. The van der Waals surface area contributed by atoms with Gasteiger partial charge in [-0.25, -0.2) is 0 Å². The number of thiol groups is 1. The van der Waals surface area contributed by atoms with Crippen molar-refractivity contribution in [2.75, 3.05) is 12.9 Å². The molecule has 0 saturated carbocycles. The molecule has 19 heavy (non-hydrogen) atoms. The standard InChI is InChI=1S/C13H18O5S/c1-18-9-3-2-8(6-12(15)16)10(7-9)13(17)11(14)4-5-19/h2-3,7,11,13-14,17,19H,4-6H2,1H3,(H,15,16). The Morgan fingerprint density at radius 3 is 2.63 bits per heavy atom. The fourth-order valence-electron chi connectivity index (χ4n) is 1.80. The predicted octanol–water partition coefficient (Wildman–Crippen LogP) is 1.04. The molecule has 0 aromatic heterocycles. The van der Waals surface area contributed by atoms with E-state index in [0.717, 1.165) is 0 Å². The number of ether oxygens (including phenoxy) is 1. The first-order chi connectivity index (χ1) is 8.99.